The van der Waals surface area contributed by atoms with E-state index in [1.165, 1.54) is 0 Å². The smallest absolute Gasteiger partial charge is 0.251 e. The van der Waals surface area contributed by atoms with E-state index in [4.69, 9.17) is 0 Å². The van der Waals surface area contributed by atoms with E-state index in [2.05, 4.69) is 15.5 Å². The van der Waals surface area contributed by atoms with Gasteiger partial charge in [0, 0.05) is 30.4 Å². The van der Waals surface area contributed by atoms with E-state index in [1.54, 1.807) is 4.90 Å². The summed E-state index contributed by atoms with van der Waals surface area (Å²) in [6.45, 7) is 4.62. The molecule has 1 unspecified atom stereocenters. The molecule has 1 fully saturated rings. The van der Waals surface area contributed by atoms with E-state index >= 15 is 0 Å². The Balaban J connectivity index is 1.81. The quantitative estimate of drug-likeness (QED) is 0.850. The number of aromatic amines is 1. The molecule has 2 heterocycles. The predicted octanol–water partition coefficient (Wildman–Crippen LogP) is 1.02. The lowest BCUT2D eigenvalue weighted by atomic mass is 10.1. The summed E-state index contributed by atoms with van der Waals surface area (Å²) in [4.78, 5) is 13.7. The van der Waals surface area contributed by atoms with Crippen molar-refractivity contribution in [1.82, 2.24) is 20.4 Å². The molecule has 112 valence electrons. The minimum Gasteiger partial charge on any atom is -0.352 e. The normalized spacial score (nSPS) is 19.8. The number of alkyl halides is 2. The maximum Gasteiger partial charge on any atom is 0.251 e. The number of nitrogens with one attached hydrogen (secondary N) is 2. The molecular formula is C13H20F2N4O. The van der Waals surface area contributed by atoms with Gasteiger partial charge in [0.15, 0.2) is 0 Å². The van der Waals surface area contributed by atoms with Crippen LogP contribution in [0, 0.1) is 13.8 Å². The predicted molar refractivity (Wildman–Crippen MR) is 70.8 cm³/mol. The van der Waals surface area contributed by atoms with Crippen molar-refractivity contribution in [3.05, 3.63) is 17.0 Å². The summed E-state index contributed by atoms with van der Waals surface area (Å²) in [5.41, 5.74) is 2.62. The molecule has 0 aromatic carbocycles. The standard InChI is InChI=1S/C13H20F2N4O/c1-8-11(9(2)18-17-8)5-13(20)16-10-3-4-19(6-10)7-12(14)15/h10,12H,3-7H2,1-2H3,(H,16,20)(H,17,18). The van der Waals surface area contributed by atoms with Crippen LogP contribution in [-0.4, -0.2) is 53.1 Å². The van der Waals surface area contributed by atoms with Crippen LogP contribution in [0.4, 0.5) is 8.78 Å². The average molecular weight is 286 g/mol. The second-order valence-corrected chi connectivity index (χ2v) is 5.29. The third-order valence-corrected chi connectivity index (χ3v) is 3.65. The molecule has 1 atom stereocenters. The summed E-state index contributed by atoms with van der Waals surface area (Å²) in [7, 11) is 0. The minimum absolute atomic E-state index is 0.0336. The Morgan fingerprint density at radius 3 is 2.90 bits per heavy atom. The van der Waals surface area contributed by atoms with Gasteiger partial charge < -0.3 is 5.32 Å². The zero-order valence-electron chi connectivity index (χ0n) is 11.7. The number of halogens is 2. The van der Waals surface area contributed by atoms with Crippen LogP contribution in [0.3, 0.4) is 0 Å². The fraction of sp³-hybridized carbons (Fsp3) is 0.692. The van der Waals surface area contributed by atoms with Crippen molar-refractivity contribution in [2.75, 3.05) is 19.6 Å². The molecule has 0 bridgehead atoms. The number of amides is 1. The highest BCUT2D eigenvalue weighted by atomic mass is 19.3. The van der Waals surface area contributed by atoms with Crippen molar-refractivity contribution < 1.29 is 13.6 Å². The van der Waals surface area contributed by atoms with E-state index < -0.39 is 6.43 Å². The Bertz CT molecular complexity index is 455. The van der Waals surface area contributed by atoms with E-state index in [1.807, 2.05) is 13.8 Å². The number of aromatic nitrogens is 2. The van der Waals surface area contributed by atoms with Crippen molar-refractivity contribution in [3.63, 3.8) is 0 Å². The number of carbonyl (C=O) groups is 1. The largest absolute Gasteiger partial charge is 0.352 e. The first-order valence-corrected chi connectivity index (χ1v) is 6.76. The van der Waals surface area contributed by atoms with Crippen LogP contribution in [0.5, 0.6) is 0 Å². The molecule has 1 aromatic heterocycles. The molecule has 1 aliphatic rings. The van der Waals surface area contributed by atoms with Gasteiger partial charge in [0.2, 0.25) is 5.91 Å². The van der Waals surface area contributed by atoms with Crippen LogP contribution in [0.25, 0.3) is 0 Å². The molecule has 0 radical (unpaired) electrons. The molecule has 20 heavy (non-hydrogen) atoms. The van der Waals surface area contributed by atoms with Crippen LogP contribution >= 0.6 is 0 Å². The van der Waals surface area contributed by atoms with Crippen LogP contribution < -0.4 is 5.32 Å². The summed E-state index contributed by atoms with van der Waals surface area (Å²) < 4.78 is 24.6. The van der Waals surface area contributed by atoms with Gasteiger partial charge in [0.1, 0.15) is 0 Å². The molecule has 0 aliphatic carbocycles. The Hall–Kier alpha value is -1.50. The van der Waals surface area contributed by atoms with Crippen molar-refractivity contribution in [3.8, 4) is 0 Å². The molecule has 1 aliphatic heterocycles. The van der Waals surface area contributed by atoms with Gasteiger partial charge in [0.05, 0.1) is 18.7 Å². The molecule has 2 N–H and O–H groups in total. The van der Waals surface area contributed by atoms with Crippen molar-refractivity contribution in [2.45, 2.75) is 39.2 Å². The second kappa shape index (κ2) is 6.30. The van der Waals surface area contributed by atoms with Gasteiger partial charge in [-0.05, 0) is 20.3 Å². The Labute approximate surface area is 116 Å². The second-order valence-electron chi connectivity index (χ2n) is 5.29. The Morgan fingerprint density at radius 2 is 2.30 bits per heavy atom. The molecule has 1 saturated heterocycles. The summed E-state index contributed by atoms with van der Waals surface area (Å²) >= 11 is 0. The molecule has 0 spiro atoms. The van der Waals surface area contributed by atoms with Crippen molar-refractivity contribution in [2.24, 2.45) is 0 Å². The molecule has 0 saturated carbocycles. The van der Waals surface area contributed by atoms with Crippen LogP contribution in [-0.2, 0) is 11.2 Å². The summed E-state index contributed by atoms with van der Waals surface area (Å²) in [5.74, 6) is -0.0819. The first-order valence-electron chi connectivity index (χ1n) is 6.76. The van der Waals surface area contributed by atoms with Gasteiger partial charge in [-0.1, -0.05) is 0 Å². The lowest BCUT2D eigenvalue weighted by Gasteiger charge is -2.16. The molecule has 1 amide bonds. The zero-order valence-corrected chi connectivity index (χ0v) is 11.7. The zero-order chi connectivity index (χ0) is 14.7. The van der Waals surface area contributed by atoms with Gasteiger partial charge in [-0.3, -0.25) is 14.8 Å². The van der Waals surface area contributed by atoms with Gasteiger partial charge in [-0.2, -0.15) is 5.10 Å². The highest BCUT2D eigenvalue weighted by Gasteiger charge is 2.26. The first kappa shape index (κ1) is 14.9. The number of likely N-dealkylation sites (tertiary alicyclic amines) is 1. The highest BCUT2D eigenvalue weighted by Crippen LogP contribution is 2.13. The van der Waals surface area contributed by atoms with E-state index in [0.29, 0.717) is 13.1 Å². The molecule has 5 nitrogen and oxygen atoms in total. The summed E-state index contributed by atoms with van der Waals surface area (Å²) in [6.07, 6.45) is -1.32. The highest BCUT2D eigenvalue weighted by molar-refractivity contribution is 5.79. The van der Waals surface area contributed by atoms with Gasteiger partial charge in [-0.15, -0.1) is 0 Å². The molecular weight excluding hydrogens is 266 g/mol. The van der Waals surface area contributed by atoms with Gasteiger partial charge in [-0.25, -0.2) is 8.78 Å². The fourth-order valence-electron chi connectivity index (χ4n) is 2.59. The lowest BCUT2D eigenvalue weighted by molar-refractivity contribution is -0.121. The number of H-pyrrole nitrogens is 1. The van der Waals surface area contributed by atoms with E-state index in [9.17, 15) is 13.6 Å². The number of hydrogen-bond acceptors (Lipinski definition) is 3. The number of nitrogens with zero attached hydrogens (tertiary/aromatic N) is 2. The number of aryl methyl sites for hydroxylation is 2. The molecule has 1 aromatic rings. The average Bonchev–Trinajstić information content (AvgIpc) is 2.90. The number of hydrogen-bond donors (Lipinski definition) is 2. The summed E-state index contributed by atoms with van der Waals surface area (Å²) in [6, 6.07) is -0.0336. The lowest BCUT2D eigenvalue weighted by Crippen LogP contribution is -2.38. The van der Waals surface area contributed by atoms with Crippen molar-refractivity contribution >= 4 is 5.91 Å². The fourth-order valence-corrected chi connectivity index (χ4v) is 2.59. The monoisotopic (exact) mass is 286 g/mol. The molecule has 7 heteroatoms. The Morgan fingerprint density at radius 1 is 1.55 bits per heavy atom. The Kier molecular flexibility index (Phi) is 4.69. The minimum atomic E-state index is -2.32. The summed E-state index contributed by atoms with van der Waals surface area (Å²) in [5, 5.41) is 9.80. The van der Waals surface area contributed by atoms with E-state index in [-0.39, 0.29) is 24.9 Å². The SMILES string of the molecule is Cc1n[nH]c(C)c1CC(=O)NC1CCN(CC(F)F)C1. The van der Waals surface area contributed by atoms with E-state index in [0.717, 1.165) is 23.4 Å². The van der Waals surface area contributed by atoms with Crippen LogP contribution in [0.1, 0.15) is 23.4 Å². The van der Waals surface area contributed by atoms with Gasteiger partial charge in [0.25, 0.3) is 6.43 Å². The third kappa shape index (κ3) is 3.75. The van der Waals surface area contributed by atoms with Gasteiger partial charge >= 0.3 is 0 Å². The molecule has 2 rings (SSSR count). The van der Waals surface area contributed by atoms with Crippen molar-refractivity contribution in [1.29, 1.82) is 0 Å². The maximum atomic E-state index is 12.3. The number of carbonyl (C=O) groups excluding carboxylic acids is 1. The first-order chi connectivity index (χ1) is 9.45. The topological polar surface area (TPSA) is 61.0 Å². The van der Waals surface area contributed by atoms with Crippen LogP contribution in [0.15, 0.2) is 0 Å². The maximum absolute atomic E-state index is 12.3. The number of rotatable bonds is 5. The van der Waals surface area contributed by atoms with Crippen LogP contribution in [0.2, 0.25) is 0 Å². The third-order valence-electron chi connectivity index (χ3n) is 3.65.